The van der Waals surface area contributed by atoms with E-state index >= 15 is 0 Å². The third kappa shape index (κ3) is 61.1. The van der Waals surface area contributed by atoms with Gasteiger partial charge in [-0.05, 0) is 103 Å². The number of carbonyl (C=O) groups is 3. The highest BCUT2D eigenvalue weighted by molar-refractivity contribution is 5.71. The van der Waals surface area contributed by atoms with Crippen LogP contribution in [0.4, 0.5) is 0 Å². The minimum Gasteiger partial charge on any atom is -0.462 e. The van der Waals surface area contributed by atoms with Crippen molar-refractivity contribution in [2.75, 3.05) is 13.2 Å². The molecule has 0 rings (SSSR count). The SMILES string of the molecule is CC/C=C\C/C=C\C/C=C\C/C=C\C/C=C\C/C=C\CCCCCCCCCCCCC(=O)OCC(COC(=O)CCCCCCCCCCCCC)OC(=O)CCCCCCCCC/C=C\C/C=C\CCCCC. The Kier molecular flexibility index (Phi) is 59.8. The highest BCUT2D eigenvalue weighted by Gasteiger charge is 2.19. The first-order chi connectivity index (χ1) is 37.0. The molecule has 1 atom stereocenters. The molecule has 6 heteroatoms. The lowest BCUT2D eigenvalue weighted by atomic mass is 10.1. The molecule has 0 bridgehead atoms. The summed E-state index contributed by atoms with van der Waals surface area (Å²) in [6.07, 6.45) is 84.1. The zero-order chi connectivity index (χ0) is 54.3. The first kappa shape index (κ1) is 71.3. The summed E-state index contributed by atoms with van der Waals surface area (Å²) in [6.45, 7) is 6.51. The van der Waals surface area contributed by atoms with Gasteiger partial charge in [0.2, 0.25) is 0 Å². The Bertz CT molecular complexity index is 1480. The minimum atomic E-state index is -0.782. The number of allylic oxidation sites excluding steroid dienone is 16. The van der Waals surface area contributed by atoms with E-state index < -0.39 is 6.10 Å². The largest absolute Gasteiger partial charge is 0.462 e. The lowest BCUT2D eigenvalue weighted by molar-refractivity contribution is -0.167. The van der Waals surface area contributed by atoms with E-state index in [1.165, 1.54) is 154 Å². The fourth-order valence-electron chi connectivity index (χ4n) is 8.83. The van der Waals surface area contributed by atoms with E-state index in [4.69, 9.17) is 14.2 Å². The molecule has 0 saturated carbocycles. The van der Waals surface area contributed by atoms with Crippen molar-refractivity contribution in [3.63, 3.8) is 0 Å². The Balaban J connectivity index is 4.25. The Morgan fingerprint density at radius 2 is 0.520 bits per heavy atom. The average molecular weight is 1040 g/mol. The summed E-state index contributed by atoms with van der Waals surface area (Å²) in [7, 11) is 0. The van der Waals surface area contributed by atoms with Gasteiger partial charge in [-0.3, -0.25) is 14.4 Å². The maximum absolute atomic E-state index is 12.9. The number of hydrogen-bond acceptors (Lipinski definition) is 6. The second-order valence-electron chi connectivity index (χ2n) is 20.9. The monoisotopic (exact) mass is 1040 g/mol. The van der Waals surface area contributed by atoms with Crippen LogP contribution >= 0.6 is 0 Å². The Morgan fingerprint density at radius 3 is 0.840 bits per heavy atom. The van der Waals surface area contributed by atoms with Crippen molar-refractivity contribution in [1.82, 2.24) is 0 Å². The van der Waals surface area contributed by atoms with Crippen LogP contribution in [-0.4, -0.2) is 37.2 Å². The molecule has 0 fully saturated rings. The van der Waals surface area contributed by atoms with Gasteiger partial charge >= 0.3 is 17.9 Å². The van der Waals surface area contributed by atoms with Crippen LogP contribution in [0, 0.1) is 0 Å². The standard InChI is InChI=1S/C69H118O6/c1-4-7-10-13-16-19-22-24-26-28-29-30-31-32-33-34-35-36-37-38-39-41-42-44-47-50-53-56-59-62-68(71)74-65-66(64-73-67(70)61-58-55-52-49-46-21-18-15-12-9-6-3)75-69(72)63-60-57-54-51-48-45-43-40-27-25-23-20-17-14-11-8-5-2/h7,10,16-17,19-20,24-27,29-30,32-33,35-36,66H,4-6,8-9,11-15,18,21-23,28,31,34,37-65H2,1-3H3/b10-7-,19-16-,20-17-,26-24-,27-25-,30-29-,33-32-,36-35-. The quantitative estimate of drug-likeness (QED) is 0.0261. The van der Waals surface area contributed by atoms with Crippen LogP contribution in [0.5, 0.6) is 0 Å². The summed E-state index contributed by atoms with van der Waals surface area (Å²) in [5, 5.41) is 0. The summed E-state index contributed by atoms with van der Waals surface area (Å²) < 4.78 is 16.9. The van der Waals surface area contributed by atoms with Gasteiger partial charge in [0.05, 0.1) is 0 Å². The van der Waals surface area contributed by atoms with Crippen LogP contribution in [0.15, 0.2) is 97.2 Å². The smallest absolute Gasteiger partial charge is 0.306 e. The van der Waals surface area contributed by atoms with E-state index in [2.05, 4.69) is 118 Å². The van der Waals surface area contributed by atoms with Gasteiger partial charge in [-0.15, -0.1) is 0 Å². The lowest BCUT2D eigenvalue weighted by Crippen LogP contribution is -2.30. The number of esters is 3. The molecule has 0 aromatic heterocycles. The van der Waals surface area contributed by atoms with Gasteiger partial charge in [-0.2, -0.15) is 0 Å². The summed E-state index contributed by atoms with van der Waals surface area (Å²) in [6, 6.07) is 0. The second-order valence-corrected chi connectivity index (χ2v) is 20.9. The zero-order valence-corrected chi connectivity index (χ0v) is 49.3. The molecule has 0 heterocycles. The first-order valence-corrected chi connectivity index (χ1v) is 31.7. The number of hydrogen-bond donors (Lipinski definition) is 0. The Labute approximate surface area is 464 Å². The van der Waals surface area contributed by atoms with Crippen LogP contribution in [0.25, 0.3) is 0 Å². The van der Waals surface area contributed by atoms with Crippen molar-refractivity contribution in [2.24, 2.45) is 0 Å². The maximum Gasteiger partial charge on any atom is 0.306 e. The van der Waals surface area contributed by atoms with Gasteiger partial charge < -0.3 is 14.2 Å². The first-order valence-electron chi connectivity index (χ1n) is 31.7. The third-order valence-electron chi connectivity index (χ3n) is 13.6. The van der Waals surface area contributed by atoms with E-state index in [1.807, 2.05) is 0 Å². The fourth-order valence-corrected chi connectivity index (χ4v) is 8.83. The molecule has 0 radical (unpaired) electrons. The Hall–Kier alpha value is -3.67. The molecule has 0 aliphatic carbocycles. The van der Waals surface area contributed by atoms with E-state index in [-0.39, 0.29) is 31.1 Å². The normalized spacial score (nSPS) is 12.7. The Morgan fingerprint density at radius 1 is 0.280 bits per heavy atom. The van der Waals surface area contributed by atoms with Crippen molar-refractivity contribution in [3.05, 3.63) is 97.2 Å². The van der Waals surface area contributed by atoms with Crippen LogP contribution in [0.1, 0.15) is 303 Å². The van der Waals surface area contributed by atoms with Crippen molar-refractivity contribution in [2.45, 2.75) is 309 Å². The third-order valence-corrected chi connectivity index (χ3v) is 13.6. The number of carbonyl (C=O) groups excluding carboxylic acids is 3. The molecule has 430 valence electrons. The molecular weight excluding hydrogens is 925 g/mol. The molecule has 75 heavy (non-hydrogen) atoms. The highest BCUT2D eigenvalue weighted by Crippen LogP contribution is 2.16. The lowest BCUT2D eigenvalue weighted by Gasteiger charge is -2.18. The van der Waals surface area contributed by atoms with Gasteiger partial charge in [0.25, 0.3) is 0 Å². The predicted molar refractivity (Wildman–Crippen MR) is 325 cm³/mol. The molecule has 0 amide bonds. The summed E-state index contributed by atoms with van der Waals surface area (Å²) >= 11 is 0. The van der Waals surface area contributed by atoms with Gasteiger partial charge in [-0.25, -0.2) is 0 Å². The second kappa shape index (κ2) is 62.9. The van der Waals surface area contributed by atoms with Crippen LogP contribution in [0.3, 0.4) is 0 Å². The summed E-state index contributed by atoms with van der Waals surface area (Å²) in [5.41, 5.74) is 0. The molecule has 1 unspecified atom stereocenters. The molecule has 0 aliphatic rings. The fraction of sp³-hybridized carbons (Fsp3) is 0.725. The topological polar surface area (TPSA) is 78.9 Å². The van der Waals surface area contributed by atoms with Gasteiger partial charge in [-0.1, -0.05) is 279 Å². The number of unbranched alkanes of at least 4 members (excludes halogenated alkanes) is 30. The predicted octanol–water partition coefficient (Wildman–Crippen LogP) is 21.7. The molecule has 0 aromatic rings. The molecule has 6 nitrogen and oxygen atoms in total. The summed E-state index contributed by atoms with van der Waals surface area (Å²) in [5.74, 6) is -0.883. The van der Waals surface area contributed by atoms with Crippen molar-refractivity contribution in [3.8, 4) is 0 Å². The molecule has 0 aromatic carbocycles. The van der Waals surface area contributed by atoms with Gasteiger partial charge in [0.15, 0.2) is 6.10 Å². The van der Waals surface area contributed by atoms with E-state index in [0.29, 0.717) is 19.3 Å². The van der Waals surface area contributed by atoms with Crippen molar-refractivity contribution < 1.29 is 28.6 Å². The zero-order valence-electron chi connectivity index (χ0n) is 49.3. The van der Waals surface area contributed by atoms with E-state index in [9.17, 15) is 14.4 Å². The van der Waals surface area contributed by atoms with Gasteiger partial charge in [0.1, 0.15) is 13.2 Å². The molecule has 0 N–H and O–H groups in total. The summed E-state index contributed by atoms with van der Waals surface area (Å²) in [4.78, 5) is 38.2. The van der Waals surface area contributed by atoms with Crippen LogP contribution in [0.2, 0.25) is 0 Å². The van der Waals surface area contributed by atoms with Crippen LogP contribution < -0.4 is 0 Å². The van der Waals surface area contributed by atoms with E-state index in [0.717, 1.165) is 109 Å². The minimum absolute atomic E-state index is 0.0791. The average Bonchev–Trinajstić information content (AvgIpc) is 3.41. The van der Waals surface area contributed by atoms with Crippen molar-refractivity contribution in [1.29, 1.82) is 0 Å². The number of ether oxygens (including phenoxy) is 3. The number of rotatable bonds is 57. The molecule has 0 saturated heterocycles. The highest BCUT2D eigenvalue weighted by atomic mass is 16.6. The van der Waals surface area contributed by atoms with Crippen LogP contribution in [-0.2, 0) is 28.6 Å². The molecule has 0 spiro atoms. The molecule has 0 aliphatic heterocycles. The van der Waals surface area contributed by atoms with E-state index in [1.54, 1.807) is 0 Å². The maximum atomic E-state index is 12.9. The molecular formula is C69H118O6. The van der Waals surface area contributed by atoms with Gasteiger partial charge in [0, 0.05) is 19.3 Å². The van der Waals surface area contributed by atoms with Crippen molar-refractivity contribution >= 4 is 17.9 Å².